The Balaban J connectivity index is 2.29. The first-order valence-electron chi connectivity index (χ1n) is 6.38. The predicted molar refractivity (Wildman–Crippen MR) is 69.5 cm³/mol. The van der Waals surface area contributed by atoms with E-state index in [1.54, 1.807) is 0 Å². The van der Waals surface area contributed by atoms with Gasteiger partial charge in [0.2, 0.25) is 0 Å². The summed E-state index contributed by atoms with van der Waals surface area (Å²) in [6.07, 6.45) is 2.20. The van der Waals surface area contributed by atoms with Gasteiger partial charge in [-0.05, 0) is 37.4 Å². The normalized spacial score (nSPS) is 24.3. The highest BCUT2D eigenvalue weighted by Crippen LogP contribution is 2.35. The second-order valence-electron chi connectivity index (χ2n) is 5.05. The highest BCUT2D eigenvalue weighted by atomic mass is 16.3. The van der Waals surface area contributed by atoms with Gasteiger partial charge < -0.3 is 16.2 Å². The van der Waals surface area contributed by atoms with E-state index in [9.17, 15) is 5.11 Å². The third-order valence-electron chi connectivity index (χ3n) is 3.87. The van der Waals surface area contributed by atoms with Crippen LogP contribution in [0, 0.1) is 5.92 Å². The molecule has 1 aromatic carbocycles. The smallest absolute Gasteiger partial charge is 0.0911 e. The minimum atomic E-state index is -0.788. The van der Waals surface area contributed by atoms with Crippen molar-refractivity contribution in [2.24, 2.45) is 11.7 Å². The Morgan fingerprint density at radius 2 is 2.24 bits per heavy atom. The third kappa shape index (κ3) is 2.51. The molecule has 0 bridgehead atoms. The summed E-state index contributed by atoms with van der Waals surface area (Å²) in [5.74, 6) is 0.268. The van der Waals surface area contributed by atoms with E-state index in [2.05, 4.69) is 5.32 Å². The van der Waals surface area contributed by atoms with Crippen molar-refractivity contribution in [3.05, 3.63) is 35.4 Å². The van der Waals surface area contributed by atoms with Crippen LogP contribution < -0.4 is 11.1 Å². The molecular weight excluding hydrogens is 212 g/mol. The zero-order valence-electron chi connectivity index (χ0n) is 10.4. The van der Waals surface area contributed by atoms with Crippen LogP contribution in [0.3, 0.4) is 0 Å². The van der Waals surface area contributed by atoms with Crippen molar-refractivity contribution >= 4 is 0 Å². The average molecular weight is 234 g/mol. The van der Waals surface area contributed by atoms with Crippen molar-refractivity contribution < 1.29 is 5.11 Å². The molecule has 1 fully saturated rings. The quantitative estimate of drug-likeness (QED) is 0.740. The molecule has 4 N–H and O–H groups in total. The molecular formula is C14H22N2O. The van der Waals surface area contributed by atoms with Crippen LogP contribution >= 0.6 is 0 Å². The molecule has 1 saturated heterocycles. The average Bonchev–Trinajstić information content (AvgIpc) is 2.39. The van der Waals surface area contributed by atoms with E-state index in [1.807, 2.05) is 31.2 Å². The number of piperidine rings is 1. The summed E-state index contributed by atoms with van der Waals surface area (Å²) in [6, 6.07) is 7.94. The molecule has 94 valence electrons. The Morgan fingerprint density at radius 1 is 1.47 bits per heavy atom. The van der Waals surface area contributed by atoms with Gasteiger partial charge in [0, 0.05) is 19.0 Å². The lowest BCUT2D eigenvalue weighted by Crippen LogP contribution is -2.43. The summed E-state index contributed by atoms with van der Waals surface area (Å²) in [4.78, 5) is 0. The molecule has 17 heavy (non-hydrogen) atoms. The van der Waals surface area contributed by atoms with Gasteiger partial charge in [0.15, 0.2) is 0 Å². The van der Waals surface area contributed by atoms with Gasteiger partial charge >= 0.3 is 0 Å². The fourth-order valence-electron chi connectivity index (χ4n) is 2.74. The van der Waals surface area contributed by atoms with E-state index >= 15 is 0 Å². The number of benzene rings is 1. The molecule has 0 radical (unpaired) electrons. The molecule has 0 aromatic heterocycles. The third-order valence-corrected chi connectivity index (χ3v) is 3.87. The molecule has 2 rings (SSSR count). The minimum Gasteiger partial charge on any atom is -0.385 e. The van der Waals surface area contributed by atoms with Crippen molar-refractivity contribution in [1.82, 2.24) is 5.32 Å². The molecule has 3 heteroatoms. The summed E-state index contributed by atoms with van der Waals surface area (Å²) in [7, 11) is 0. The van der Waals surface area contributed by atoms with Crippen molar-refractivity contribution in [1.29, 1.82) is 0 Å². The second-order valence-corrected chi connectivity index (χ2v) is 5.05. The number of aliphatic hydroxyl groups is 1. The lowest BCUT2D eigenvalue weighted by molar-refractivity contribution is -0.0163. The van der Waals surface area contributed by atoms with Gasteiger partial charge in [0.05, 0.1) is 5.60 Å². The topological polar surface area (TPSA) is 58.3 Å². The second kappa shape index (κ2) is 5.17. The maximum atomic E-state index is 10.8. The SMILES string of the molecule is CC(O)(c1ccccc1CN)C1CCCNC1. The number of rotatable bonds is 3. The van der Waals surface area contributed by atoms with Crippen LogP contribution in [0.25, 0.3) is 0 Å². The summed E-state index contributed by atoms with van der Waals surface area (Å²) >= 11 is 0. The molecule has 1 aliphatic rings. The van der Waals surface area contributed by atoms with E-state index in [0.717, 1.165) is 37.1 Å². The standard InChI is InChI=1S/C14H22N2O/c1-14(17,12-6-4-8-16-10-12)13-7-3-2-5-11(13)9-15/h2-3,5,7,12,16-17H,4,6,8-10,15H2,1H3. The zero-order valence-corrected chi connectivity index (χ0v) is 10.4. The lowest BCUT2D eigenvalue weighted by Gasteiger charge is -2.37. The molecule has 0 aliphatic carbocycles. The van der Waals surface area contributed by atoms with Gasteiger partial charge in [-0.25, -0.2) is 0 Å². The van der Waals surface area contributed by atoms with Gasteiger partial charge in [0.25, 0.3) is 0 Å². The summed E-state index contributed by atoms with van der Waals surface area (Å²) in [5.41, 5.74) is 6.99. The number of nitrogens with two attached hydrogens (primary N) is 1. The number of nitrogens with one attached hydrogen (secondary N) is 1. The molecule has 0 saturated carbocycles. The van der Waals surface area contributed by atoms with E-state index < -0.39 is 5.60 Å². The maximum absolute atomic E-state index is 10.8. The Bertz CT molecular complexity index is 370. The van der Waals surface area contributed by atoms with Crippen LogP contribution in [0.5, 0.6) is 0 Å². The van der Waals surface area contributed by atoms with E-state index in [1.165, 1.54) is 0 Å². The van der Waals surface area contributed by atoms with Crippen LogP contribution in [0.15, 0.2) is 24.3 Å². The van der Waals surface area contributed by atoms with Gasteiger partial charge in [-0.3, -0.25) is 0 Å². The van der Waals surface area contributed by atoms with Crippen molar-refractivity contribution in [2.45, 2.75) is 31.9 Å². The Labute approximate surface area is 103 Å². The summed E-state index contributed by atoms with van der Waals surface area (Å²) in [5, 5.41) is 14.2. The van der Waals surface area contributed by atoms with Crippen LogP contribution in [0.1, 0.15) is 30.9 Å². The number of hydrogen-bond donors (Lipinski definition) is 3. The molecule has 3 nitrogen and oxygen atoms in total. The van der Waals surface area contributed by atoms with Gasteiger partial charge in [-0.1, -0.05) is 24.3 Å². The van der Waals surface area contributed by atoms with Gasteiger partial charge in [-0.15, -0.1) is 0 Å². The van der Waals surface area contributed by atoms with Crippen LogP contribution in [-0.2, 0) is 12.1 Å². The molecule has 2 unspecified atom stereocenters. The van der Waals surface area contributed by atoms with Crippen molar-refractivity contribution in [3.63, 3.8) is 0 Å². The molecule has 1 heterocycles. The summed E-state index contributed by atoms with van der Waals surface area (Å²) < 4.78 is 0. The minimum absolute atomic E-state index is 0.268. The van der Waals surface area contributed by atoms with E-state index in [0.29, 0.717) is 6.54 Å². The van der Waals surface area contributed by atoms with Crippen molar-refractivity contribution in [2.75, 3.05) is 13.1 Å². The molecule has 2 atom stereocenters. The van der Waals surface area contributed by atoms with Crippen LogP contribution in [0.2, 0.25) is 0 Å². The molecule has 0 amide bonds. The monoisotopic (exact) mass is 234 g/mol. The van der Waals surface area contributed by atoms with Crippen molar-refractivity contribution in [3.8, 4) is 0 Å². The predicted octanol–water partition coefficient (Wildman–Crippen LogP) is 1.35. The highest BCUT2D eigenvalue weighted by molar-refractivity contribution is 5.32. The Kier molecular flexibility index (Phi) is 3.82. The highest BCUT2D eigenvalue weighted by Gasteiger charge is 2.35. The first-order valence-corrected chi connectivity index (χ1v) is 6.38. The van der Waals surface area contributed by atoms with Crippen LogP contribution in [0.4, 0.5) is 0 Å². The molecule has 0 spiro atoms. The molecule has 1 aliphatic heterocycles. The number of hydrogen-bond acceptors (Lipinski definition) is 3. The Morgan fingerprint density at radius 3 is 2.88 bits per heavy atom. The maximum Gasteiger partial charge on any atom is 0.0911 e. The van der Waals surface area contributed by atoms with E-state index in [4.69, 9.17) is 5.73 Å². The zero-order chi connectivity index (χ0) is 12.3. The van der Waals surface area contributed by atoms with Gasteiger partial charge in [0.1, 0.15) is 0 Å². The fourth-order valence-corrected chi connectivity index (χ4v) is 2.74. The van der Waals surface area contributed by atoms with Crippen LogP contribution in [-0.4, -0.2) is 18.2 Å². The van der Waals surface area contributed by atoms with Gasteiger partial charge in [-0.2, -0.15) is 0 Å². The first-order chi connectivity index (χ1) is 8.16. The Hall–Kier alpha value is -0.900. The molecule has 1 aromatic rings. The largest absolute Gasteiger partial charge is 0.385 e. The summed E-state index contributed by atoms with van der Waals surface area (Å²) in [6.45, 7) is 4.34. The van der Waals surface area contributed by atoms with E-state index in [-0.39, 0.29) is 5.92 Å². The fraction of sp³-hybridized carbons (Fsp3) is 0.571. The first kappa shape index (κ1) is 12.6. The lowest BCUT2D eigenvalue weighted by atomic mass is 9.77.